The fourth-order valence-electron chi connectivity index (χ4n) is 1.81. The number of esters is 1. The molecule has 1 aromatic carbocycles. The Morgan fingerprint density at radius 3 is 3.00 bits per heavy atom. The Kier molecular flexibility index (Phi) is 3.94. The maximum atomic E-state index is 11.1. The molecule has 1 heterocycles. The molecule has 0 spiro atoms. The van der Waals surface area contributed by atoms with Crippen molar-refractivity contribution in [3.63, 3.8) is 0 Å². The van der Waals surface area contributed by atoms with Gasteiger partial charge in [0.1, 0.15) is 6.07 Å². The zero-order valence-corrected chi connectivity index (χ0v) is 10.5. The summed E-state index contributed by atoms with van der Waals surface area (Å²) < 4.78 is 4.58. The van der Waals surface area contributed by atoms with Crippen molar-refractivity contribution >= 4 is 22.6 Å². The van der Waals surface area contributed by atoms with Crippen molar-refractivity contribution in [3.05, 3.63) is 36.0 Å². The van der Waals surface area contributed by atoms with Crippen molar-refractivity contribution in [1.82, 2.24) is 4.98 Å². The zero-order chi connectivity index (χ0) is 13.7. The average Bonchev–Trinajstić information content (AvgIpc) is 2.47. The van der Waals surface area contributed by atoms with Gasteiger partial charge in [-0.15, -0.1) is 0 Å². The number of ether oxygens (including phenoxy) is 1. The Morgan fingerprint density at radius 2 is 2.26 bits per heavy atom. The number of rotatable bonds is 4. The summed E-state index contributed by atoms with van der Waals surface area (Å²) in [5.74, 6) is -0.288. The number of benzene rings is 1. The van der Waals surface area contributed by atoms with Gasteiger partial charge in [-0.2, -0.15) is 5.26 Å². The number of anilines is 1. The highest BCUT2D eigenvalue weighted by atomic mass is 16.5. The standard InChI is InChI=1S/C14H13N3O2/c1-19-13(18)6-7-16-14-10(8-15)9-17-12-5-3-2-4-11(12)14/h2-5,9H,6-7H2,1H3,(H,16,17). The van der Waals surface area contributed by atoms with E-state index in [0.717, 1.165) is 10.9 Å². The Morgan fingerprint density at radius 1 is 1.47 bits per heavy atom. The van der Waals surface area contributed by atoms with Crippen LogP contribution in [0.2, 0.25) is 0 Å². The topological polar surface area (TPSA) is 75.0 Å². The molecule has 0 aliphatic heterocycles. The summed E-state index contributed by atoms with van der Waals surface area (Å²) in [6, 6.07) is 9.64. The molecule has 0 aliphatic carbocycles. The third-order valence-electron chi connectivity index (χ3n) is 2.75. The molecule has 0 amide bonds. The molecule has 0 radical (unpaired) electrons. The van der Waals surface area contributed by atoms with Gasteiger partial charge in [-0.25, -0.2) is 0 Å². The summed E-state index contributed by atoms with van der Waals surface area (Å²) in [5.41, 5.74) is 1.97. The summed E-state index contributed by atoms with van der Waals surface area (Å²) in [4.78, 5) is 15.3. The third kappa shape index (κ3) is 2.80. The summed E-state index contributed by atoms with van der Waals surface area (Å²) in [6.45, 7) is 0.412. The molecule has 0 aliphatic rings. The number of fused-ring (bicyclic) bond motifs is 1. The number of hydrogen-bond donors (Lipinski definition) is 1. The van der Waals surface area contributed by atoms with Gasteiger partial charge in [0.2, 0.25) is 0 Å². The monoisotopic (exact) mass is 255 g/mol. The van der Waals surface area contributed by atoms with Gasteiger partial charge in [-0.1, -0.05) is 18.2 Å². The van der Waals surface area contributed by atoms with Crippen molar-refractivity contribution in [2.24, 2.45) is 0 Å². The molecule has 0 saturated heterocycles. The Balaban J connectivity index is 2.29. The van der Waals surface area contributed by atoms with Crippen LogP contribution in [0.15, 0.2) is 30.5 Å². The smallest absolute Gasteiger partial charge is 0.307 e. The molecular weight excluding hydrogens is 242 g/mol. The predicted octanol–water partition coefficient (Wildman–Crippen LogP) is 2.08. The number of para-hydroxylation sites is 1. The first-order valence-electron chi connectivity index (χ1n) is 5.85. The molecule has 5 heteroatoms. The van der Waals surface area contributed by atoms with Gasteiger partial charge in [0, 0.05) is 18.1 Å². The van der Waals surface area contributed by atoms with E-state index < -0.39 is 0 Å². The summed E-state index contributed by atoms with van der Waals surface area (Å²) in [5, 5.41) is 13.1. The first kappa shape index (κ1) is 12.8. The van der Waals surface area contributed by atoms with Crippen LogP contribution in [0.5, 0.6) is 0 Å². The van der Waals surface area contributed by atoms with E-state index in [4.69, 9.17) is 5.26 Å². The number of carbonyl (C=O) groups excluding carboxylic acids is 1. The van der Waals surface area contributed by atoms with E-state index in [1.165, 1.54) is 13.3 Å². The van der Waals surface area contributed by atoms with Crippen molar-refractivity contribution in [2.75, 3.05) is 19.0 Å². The van der Waals surface area contributed by atoms with Crippen LogP contribution in [0.4, 0.5) is 5.69 Å². The van der Waals surface area contributed by atoms with Gasteiger partial charge in [-0.3, -0.25) is 9.78 Å². The van der Waals surface area contributed by atoms with Gasteiger partial charge in [0.15, 0.2) is 0 Å². The molecule has 0 bridgehead atoms. The first-order chi connectivity index (χ1) is 9.26. The Hall–Kier alpha value is -2.61. The highest BCUT2D eigenvalue weighted by molar-refractivity contribution is 5.93. The second-order valence-corrected chi connectivity index (χ2v) is 3.93. The summed E-state index contributed by atoms with van der Waals surface area (Å²) >= 11 is 0. The Labute approximate surface area is 110 Å². The van der Waals surface area contributed by atoms with E-state index in [0.29, 0.717) is 17.8 Å². The van der Waals surface area contributed by atoms with Gasteiger partial charge in [0.25, 0.3) is 0 Å². The number of nitrogens with one attached hydrogen (secondary N) is 1. The van der Waals surface area contributed by atoms with Crippen LogP contribution < -0.4 is 5.32 Å². The number of nitrogens with zero attached hydrogens (tertiary/aromatic N) is 2. The fraction of sp³-hybridized carbons (Fsp3) is 0.214. The average molecular weight is 255 g/mol. The van der Waals surface area contributed by atoms with Crippen LogP contribution in [0.25, 0.3) is 10.9 Å². The van der Waals surface area contributed by atoms with E-state index in [1.807, 2.05) is 24.3 Å². The van der Waals surface area contributed by atoms with Gasteiger partial charge >= 0.3 is 5.97 Å². The Bertz CT molecular complexity index is 647. The lowest BCUT2D eigenvalue weighted by Gasteiger charge is -2.10. The normalized spacial score (nSPS) is 9.89. The van der Waals surface area contributed by atoms with Crippen LogP contribution >= 0.6 is 0 Å². The lowest BCUT2D eigenvalue weighted by atomic mass is 10.1. The van der Waals surface area contributed by atoms with Crippen molar-refractivity contribution in [2.45, 2.75) is 6.42 Å². The minimum atomic E-state index is -0.288. The minimum absolute atomic E-state index is 0.248. The number of pyridine rings is 1. The van der Waals surface area contributed by atoms with Gasteiger partial charge in [-0.05, 0) is 6.07 Å². The molecular formula is C14H13N3O2. The molecule has 2 rings (SSSR count). The molecule has 96 valence electrons. The first-order valence-corrected chi connectivity index (χ1v) is 5.85. The maximum absolute atomic E-state index is 11.1. The van der Waals surface area contributed by atoms with Crippen LogP contribution in [0.1, 0.15) is 12.0 Å². The largest absolute Gasteiger partial charge is 0.469 e. The fourth-order valence-corrected chi connectivity index (χ4v) is 1.81. The highest BCUT2D eigenvalue weighted by Crippen LogP contribution is 2.25. The van der Waals surface area contributed by atoms with Gasteiger partial charge in [0.05, 0.1) is 30.3 Å². The van der Waals surface area contributed by atoms with Crippen molar-refractivity contribution < 1.29 is 9.53 Å². The molecule has 2 aromatic rings. The molecule has 0 atom stereocenters. The zero-order valence-electron chi connectivity index (χ0n) is 10.5. The third-order valence-corrected chi connectivity index (χ3v) is 2.75. The summed E-state index contributed by atoms with van der Waals surface area (Å²) in [7, 11) is 1.35. The lowest BCUT2D eigenvalue weighted by molar-refractivity contribution is -0.140. The second-order valence-electron chi connectivity index (χ2n) is 3.93. The molecule has 0 unspecified atom stereocenters. The second kappa shape index (κ2) is 5.83. The van der Waals surface area contributed by atoms with E-state index in [2.05, 4.69) is 21.1 Å². The van der Waals surface area contributed by atoms with Gasteiger partial charge < -0.3 is 10.1 Å². The molecule has 1 N–H and O–H groups in total. The van der Waals surface area contributed by atoms with Crippen LogP contribution in [0, 0.1) is 11.3 Å². The van der Waals surface area contributed by atoms with Crippen molar-refractivity contribution in [1.29, 1.82) is 5.26 Å². The maximum Gasteiger partial charge on any atom is 0.307 e. The number of aromatic nitrogens is 1. The molecule has 0 fully saturated rings. The van der Waals surface area contributed by atoms with Crippen LogP contribution in [-0.2, 0) is 9.53 Å². The van der Waals surface area contributed by atoms with Crippen LogP contribution in [-0.4, -0.2) is 24.6 Å². The van der Waals surface area contributed by atoms with E-state index in [9.17, 15) is 4.79 Å². The number of nitriles is 1. The predicted molar refractivity (Wildman–Crippen MR) is 71.6 cm³/mol. The minimum Gasteiger partial charge on any atom is -0.469 e. The van der Waals surface area contributed by atoms with E-state index in [1.54, 1.807) is 0 Å². The van der Waals surface area contributed by atoms with E-state index in [-0.39, 0.29) is 12.4 Å². The highest BCUT2D eigenvalue weighted by Gasteiger charge is 2.08. The molecule has 19 heavy (non-hydrogen) atoms. The number of carbonyl (C=O) groups is 1. The molecule has 5 nitrogen and oxygen atoms in total. The SMILES string of the molecule is COC(=O)CCNc1c(C#N)cnc2ccccc12. The summed E-state index contributed by atoms with van der Waals surface area (Å²) in [6.07, 6.45) is 1.78. The number of methoxy groups -OCH3 is 1. The van der Waals surface area contributed by atoms with Crippen LogP contribution in [0.3, 0.4) is 0 Å². The lowest BCUT2D eigenvalue weighted by Crippen LogP contribution is -2.11. The molecule has 0 saturated carbocycles. The molecule has 1 aromatic heterocycles. The number of hydrogen-bond acceptors (Lipinski definition) is 5. The quantitative estimate of drug-likeness (QED) is 0.846. The van der Waals surface area contributed by atoms with E-state index >= 15 is 0 Å². The van der Waals surface area contributed by atoms with Crippen molar-refractivity contribution in [3.8, 4) is 6.07 Å².